The molecule has 9 heteroatoms. The average Bonchev–Trinajstić information content (AvgIpc) is 2.62. The summed E-state index contributed by atoms with van der Waals surface area (Å²) in [6.07, 6.45) is 1.53. The van der Waals surface area contributed by atoms with E-state index in [2.05, 4.69) is 21.2 Å². The Morgan fingerprint density at radius 1 is 1.11 bits per heavy atom. The van der Waals surface area contributed by atoms with Gasteiger partial charge in [-0.05, 0) is 46.2 Å². The van der Waals surface area contributed by atoms with E-state index in [1.807, 2.05) is 44.2 Å². The fourth-order valence-corrected chi connectivity index (χ4v) is 2.95. The summed E-state index contributed by atoms with van der Waals surface area (Å²) >= 11 is 0. The van der Waals surface area contributed by atoms with Gasteiger partial charge in [-0.2, -0.15) is 0 Å². The lowest BCUT2D eigenvalue weighted by Gasteiger charge is -2.36. The molecule has 0 aromatic heterocycles. The highest BCUT2D eigenvalue weighted by molar-refractivity contribution is 5.86. The van der Waals surface area contributed by atoms with Gasteiger partial charge in [0, 0.05) is 39.1 Å². The van der Waals surface area contributed by atoms with E-state index in [1.54, 1.807) is 0 Å². The summed E-state index contributed by atoms with van der Waals surface area (Å²) < 4.78 is 5.97. The highest BCUT2D eigenvalue weighted by Crippen LogP contribution is 2.28. The molecule has 164 valence electrons. The summed E-state index contributed by atoms with van der Waals surface area (Å²) in [7, 11) is 6.01. The maximum absolute atomic E-state index is 12.2. The Kier molecular flexibility index (Phi) is 16.7. The van der Waals surface area contributed by atoms with Crippen molar-refractivity contribution in [1.29, 1.82) is 0 Å². The van der Waals surface area contributed by atoms with E-state index in [9.17, 15) is 4.79 Å². The van der Waals surface area contributed by atoms with E-state index in [4.69, 9.17) is 4.74 Å². The Labute approximate surface area is 188 Å². The first kappa shape index (κ1) is 29.3. The minimum Gasteiger partial charge on any atom is -0.490 e. The molecule has 1 aliphatic rings. The zero-order chi connectivity index (χ0) is 18.1. The van der Waals surface area contributed by atoms with Gasteiger partial charge in [-0.3, -0.25) is 4.79 Å². The van der Waals surface area contributed by atoms with Gasteiger partial charge in [0.15, 0.2) is 0 Å². The molecule has 1 aromatic carbocycles. The molecule has 1 heterocycles. The molecule has 1 saturated heterocycles. The summed E-state index contributed by atoms with van der Waals surface area (Å²) in [5.41, 5.74) is 1.13. The fraction of sp³-hybridized carbons (Fsp3) is 0.632. The topological polar surface area (TPSA) is 48.1 Å². The maximum Gasteiger partial charge on any atom is 0.222 e. The molecule has 28 heavy (non-hydrogen) atoms. The largest absolute Gasteiger partial charge is 0.490 e. The second-order valence-electron chi connectivity index (χ2n) is 6.69. The molecule has 0 radical (unpaired) electrons. The van der Waals surface area contributed by atoms with E-state index in [1.165, 1.54) is 0 Å². The van der Waals surface area contributed by atoms with Gasteiger partial charge in [0.05, 0.1) is 5.69 Å². The van der Waals surface area contributed by atoms with Crippen molar-refractivity contribution < 1.29 is 9.53 Å². The minimum atomic E-state index is 0. The number of benzene rings is 1. The minimum absolute atomic E-state index is 0. The first-order valence-corrected chi connectivity index (χ1v) is 9.15. The van der Waals surface area contributed by atoms with Crippen molar-refractivity contribution in [2.45, 2.75) is 12.8 Å². The lowest BCUT2D eigenvalue weighted by atomic mass is 10.2. The van der Waals surface area contributed by atoms with Crippen molar-refractivity contribution in [2.24, 2.45) is 0 Å². The van der Waals surface area contributed by atoms with Crippen LogP contribution in [-0.2, 0) is 4.79 Å². The van der Waals surface area contributed by atoms with Crippen LogP contribution in [0.4, 0.5) is 5.69 Å². The van der Waals surface area contributed by atoms with E-state index >= 15 is 0 Å². The number of carbonyl (C=O) groups excluding carboxylic acids is 1. The number of nitrogens with zero attached hydrogens (tertiary/aromatic N) is 3. The SMILES string of the molecule is CNCCCC(=O)N1CCN(c2ccccc2OCCN(C)C)CC1.Cl.Cl.Cl. The number of piperazine rings is 1. The molecule has 0 unspecified atom stereocenters. The summed E-state index contributed by atoms with van der Waals surface area (Å²) in [6, 6.07) is 8.19. The number of anilines is 1. The molecule has 0 spiro atoms. The lowest BCUT2D eigenvalue weighted by molar-refractivity contribution is -0.131. The summed E-state index contributed by atoms with van der Waals surface area (Å²) in [5.74, 6) is 1.20. The predicted molar refractivity (Wildman–Crippen MR) is 124 cm³/mol. The zero-order valence-corrected chi connectivity index (χ0v) is 19.5. The van der Waals surface area contributed by atoms with Crippen LogP contribution in [0.15, 0.2) is 24.3 Å². The van der Waals surface area contributed by atoms with Gasteiger partial charge in [0.1, 0.15) is 12.4 Å². The molecule has 1 aliphatic heterocycles. The number of rotatable bonds is 9. The first-order valence-electron chi connectivity index (χ1n) is 9.15. The molecule has 1 aromatic rings. The van der Waals surface area contributed by atoms with Gasteiger partial charge < -0.3 is 24.8 Å². The number of ether oxygens (including phenoxy) is 1. The second kappa shape index (κ2) is 15.9. The number of hydrogen-bond acceptors (Lipinski definition) is 5. The van der Waals surface area contributed by atoms with Gasteiger partial charge in [0.25, 0.3) is 0 Å². The van der Waals surface area contributed by atoms with Crippen LogP contribution < -0.4 is 15.0 Å². The van der Waals surface area contributed by atoms with Gasteiger partial charge in [-0.1, -0.05) is 12.1 Å². The number of para-hydroxylation sites is 2. The molecular formula is C19H35Cl3N4O2. The van der Waals surface area contributed by atoms with Gasteiger partial charge in [-0.25, -0.2) is 0 Å². The Morgan fingerprint density at radius 2 is 1.75 bits per heavy atom. The maximum atomic E-state index is 12.2. The lowest BCUT2D eigenvalue weighted by Crippen LogP contribution is -2.49. The summed E-state index contributed by atoms with van der Waals surface area (Å²) in [5, 5.41) is 3.09. The molecule has 1 N–H and O–H groups in total. The van der Waals surface area contributed by atoms with Crippen molar-refractivity contribution in [1.82, 2.24) is 15.1 Å². The Balaban J connectivity index is 0. The monoisotopic (exact) mass is 456 g/mol. The van der Waals surface area contributed by atoms with Crippen LogP contribution >= 0.6 is 37.2 Å². The third-order valence-electron chi connectivity index (χ3n) is 4.45. The van der Waals surface area contributed by atoms with Crippen molar-refractivity contribution in [2.75, 3.05) is 71.9 Å². The number of amides is 1. The molecule has 0 atom stereocenters. The predicted octanol–water partition coefficient (Wildman–Crippen LogP) is 2.54. The number of nitrogens with one attached hydrogen (secondary N) is 1. The molecule has 6 nitrogen and oxygen atoms in total. The van der Waals surface area contributed by atoms with Gasteiger partial charge >= 0.3 is 0 Å². The molecule has 0 saturated carbocycles. The zero-order valence-electron chi connectivity index (χ0n) is 17.1. The van der Waals surface area contributed by atoms with Crippen LogP contribution in [0.2, 0.25) is 0 Å². The van der Waals surface area contributed by atoms with E-state index < -0.39 is 0 Å². The van der Waals surface area contributed by atoms with Crippen molar-refractivity contribution in [3.8, 4) is 5.75 Å². The van der Waals surface area contributed by atoms with Crippen molar-refractivity contribution in [3.05, 3.63) is 24.3 Å². The normalized spacial score (nSPS) is 13.3. The molecule has 1 amide bonds. The molecule has 1 fully saturated rings. The van der Waals surface area contributed by atoms with Crippen LogP contribution in [0.25, 0.3) is 0 Å². The van der Waals surface area contributed by atoms with Crippen LogP contribution in [0.5, 0.6) is 5.75 Å². The van der Waals surface area contributed by atoms with Crippen molar-refractivity contribution in [3.63, 3.8) is 0 Å². The van der Waals surface area contributed by atoms with E-state index in [0.717, 1.165) is 57.1 Å². The van der Waals surface area contributed by atoms with Crippen LogP contribution in [0.3, 0.4) is 0 Å². The van der Waals surface area contributed by atoms with Gasteiger partial charge in [0.2, 0.25) is 5.91 Å². The third-order valence-corrected chi connectivity index (χ3v) is 4.45. The molecular weight excluding hydrogens is 423 g/mol. The number of likely N-dealkylation sites (N-methyl/N-ethyl adjacent to an activating group) is 1. The average molecular weight is 458 g/mol. The third kappa shape index (κ3) is 9.52. The summed E-state index contributed by atoms with van der Waals surface area (Å²) in [6.45, 7) is 5.73. The number of hydrogen-bond donors (Lipinski definition) is 1. The molecule has 0 bridgehead atoms. The number of halogens is 3. The smallest absolute Gasteiger partial charge is 0.222 e. The van der Waals surface area contributed by atoms with E-state index in [-0.39, 0.29) is 43.1 Å². The van der Waals surface area contributed by atoms with Crippen LogP contribution in [0.1, 0.15) is 12.8 Å². The van der Waals surface area contributed by atoms with Crippen molar-refractivity contribution >= 4 is 48.8 Å². The molecule has 2 rings (SSSR count). The molecule has 0 aliphatic carbocycles. The summed E-state index contributed by atoms with van der Waals surface area (Å²) in [4.78, 5) is 18.7. The Bertz CT molecular complexity index is 542. The van der Waals surface area contributed by atoms with E-state index in [0.29, 0.717) is 13.0 Å². The quantitative estimate of drug-likeness (QED) is 0.578. The standard InChI is InChI=1S/C19H32N4O2.3ClH/c1-20-10-6-9-19(24)23-13-11-22(12-14-23)17-7-4-5-8-18(17)25-16-15-21(2)3;;;/h4-5,7-8,20H,6,9-16H2,1-3H3;3*1H. The number of carbonyl (C=O) groups is 1. The Morgan fingerprint density at radius 3 is 2.36 bits per heavy atom. The van der Waals surface area contributed by atoms with Crippen LogP contribution in [0, 0.1) is 0 Å². The first-order chi connectivity index (χ1) is 12.1. The van der Waals surface area contributed by atoms with Crippen LogP contribution in [-0.4, -0.2) is 82.7 Å². The highest BCUT2D eigenvalue weighted by Gasteiger charge is 2.22. The fourth-order valence-electron chi connectivity index (χ4n) is 2.95. The Hall–Kier alpha value is -0.920. The van der Waals surface area contributed by atoms with Gasteiger partial charge in [-0.15, -0.1) is 37.2 Å². The second-order valence-corrected chi connectivity index (χ2v) is 6.69. The highest BCUT2D eigenvalue weighted by atomic mass is 35.5.